The smallest absolute Gasteiger partial charge is 0.0470 e. The van der Waals surface area contributed by atoms with E-state index in [1.165, 1.54) is 60.0 Å². The molecule has 0 aliphatic heterocycles. The average Bonchev–Trinajstić information content (AvgIpc) is 3.29. The van der Waals surface area contributed by atoms with Crippen LogP contribution in [0.3, 0.4) is 0 Å². The van der Waals surface area contributed by atoms with Crippen LogP contribution in [-0.2, 0) is 6.42 Å². The Morgan fingerprint density at radius 2 is 1.30 bits per heavy atom. The molecule has 0 amide bonds. The van der Waals surface area contributed by atoms with Gasteiger partial charge in [-0.15, -0.1) is 0 Å². The summed E-state index contributed by atoms with van der Waals surface area (Å²) in [7, 11) is 0. The zero-order chi connectivity index (χ0) is 24.5. The highest BCUT2D eigenvalue weighted by Gasteiger charge is 2.22. The van der Waals surface area contributed by atoms with Crippen molar-refractivity contribution in [2.75, 3.05) is 11.1 Å². The first kappa shape index (κ1) is 20.4. The molecule has 0 fully saturated rings. The Morgan fingerprint density at radius 1 is 0.541 bits per heavy atom. The molecule has 0 saturated carbocycles. The monoisotopic (exact) mass is 472 g/mol. The number of nitrogens with one attached hydrogen (secondary N) is 1. The summed E-state index contributed by atoms with van der Waals surface area (Å²) in [5, 5.41) is 13.7. The number of anilines is 3. The predicted molar refractivity (Wildman–Crippen MR) is 159 cm³/mol. The third kappa shape index (κ3) is 3.06. The predicted octanol–water partition coefficient (Wildman–Crippen LogP) is 9.20. The fourth-order valence-electron chi connectivity index (χ4n) is 6.25. The summed E-state index contributed by atoms with van der Waals surface area (Å²) >= 11 is 0. The highest BCUT2D eigenvalue weighted by Crippen LogP contribution is 2.44. The molecule has 1 aliphatic carbocycles. The fourth-order valence-corrected chi connectivity index (χ4v) is 6.25. The van der Waals surface area contributed by atoms with Crippen LogP contribution >= 0.6 is 0 Å². The maximum atomic E-state index is 6.42. The highest BCUT2D eigenvalue weighted by molar-refractivity contribution is 6.17. The van der Waals surface area contributed by atoms with Gasteiger partial charge in [0.05, 0.1) is 0 Å². The van der Waals surface area contributed by atoms with Crippen LogP contribution in [0.5, 0.6) is 0 Å². The molecule has 7 aromatic carbocycles. The standard InChI is InChI=1S/C35H24N2/c36-32-20-26-17-25-18-27(14-15-28(25)34(26)30-10-4-3-9-29(30)32)37-33-11-5-8-21-12-13-24-16-22-6-1-2-7-23(22)19-31(24)35(21)33/h1-16,18-20,37H,17,36H2. The van der Waals surface area contributed by atoms with Crippen LogP contribution < -0.4 is 11.1 Å². The SMILES string of the molecule is Nc1cc2c(c3ccccc13)-c1ccc(Nc3cccc4ccc5cc6ccccc6cc5c34)cc1C2. The van der Waals surface area contributed by atoms with Crippen molar-refractivity contribution in [1.82, 2.24) is 0 Å². The Morgan fingerprint density at radius 3 is 2.19 bits per heavy atom. The van der Waals surface area contributed by atoms with Crippen LogP contribution in [0.2, 0.25) is 0 Å². The van der Waals surface area contributed by atoms with Crippen molar-refractivity contribution in [3.8, 4) is 11.1 Å². The van der Waals surface area contributed by atoms with Crippen LogP contribution in [0, 0.1) is 0 Å². The Kier molecular flexibility index (Phi) is 4.18. The molecule has 2 heteroatoms. The summed E-state index contributed by atoms with van der Waals surface area (Å²) in [6.45, 7) is 0. The molecule has 0 heterocycles. The number of rotatable bonds is 2. The van der Waals surface area contributed by atoms with E-state index in [9.17, 15) is 0 Å². The molecule has 3 N–H and O–H groups in total. The summed E-state index contributed by atoms with van der Waals surface area (Å²) in [4.78, 5) is 0. The lowest BCUT2D eigenvalue weighted by Crippen LogP contribution is -1.94. The first-order valence-corrected chi connectivity index (χ1v) is 12.8. The van der Waals surface area contributed by atoms with E-state index in [0.29, 0.717) is 0 Å². The molecule has 2 nitrogen and oxygen atoms in total. The minimum atomic E-state index is 0.857. The summed E-state index contributed by atoms with van der Waals surface area (Å²) in [6.07, 6.45) is 0.902. The van der Waals surface area contributed by atoms with E-state index < -0.39 is 0 Å². The van der Waals surface area contributed by atoms with Crippen molar-refractivity contribution >= 4 is 60.2 Å². The zero-order valence-corrected chi connectivity index (χ0v) is 20.3. The lowest BCUT2D eigenvalue weighted by Gasteiger charge is -2.14. The molecule has 37 heavy (non-hydrogen) atoms. The quantitative estimate of drug-likeness (QED) is 0.149. The van der Waals surface area contributed by atoms with E-state index in [1.807, 2.05) is 0 Å². The van der Waals surface area contributed by atoms with Gasteiger partial charge in [-0.05, 0) is 97.4 Å². The van der Waals surface area contributed by atoms with Gasteiger partial charge < -0.3 is 11.1 Å². The third-order valence-corrected chi connectivity index (χ3v) is 7.92. The normalized spacial score (nSPS) is 12.3. The van der Waals surface area contributed by atoms with Gasteiger partial charge in [0.1, 0.15) is 0 Å². The molecule has 1 aliphatic rings. The van der Waals surface area contributed by atoms with Gasteiger partial charge in [0, 0.05) is 27.8 Å². The molecular weight excluding hydrogens is 448 g/mol. The molecule has 0 saturated heterocycles. The van der Waals surface area contributed by atoms with E-state index in [-0.39, 0.29) is 0 Å². The molecule has 0 unspecified atom stereocenters. The maximum Gasteiger partial charge on any atom is 0.0470 e. The molecule has 0 radical (unpaired) electrons. The summed E-state index contributed by atoms with van der Waals surface area (Å²) in [5.74, 6) is 0. The van der Waals surface area contributed by atoms with Gasteiger partial charge in [0.2, 0.25) is 0 Å². The molecule has 8 rings (SSSR count). The van der Waals surface area contributed by atoms with Gasteiger partial charge in [-0.3, -0.25) is 0 Å². The number of hydrogen-bond acceptors (Lipinski definition) is 2. The average molecular weight is 473 g/mol. The zero-order valence-electron chi connectivity index (χ0n) is 20.3. The highest BCUT2D eigenvalue weighted by atomic mass is 14.9. The van der Waals surface area contributed by atoms with Crippen molar-refractivity contribution in [1.29, 1.82) is 0 Å². The molecule has 174 valence electrons. The second kappa shape index (κ2) is 7.59. The van der Waals surface area contributed by atoms with Gasteiger partial charge in [0.15, 0.2) is 0 Å². The van der Waals surface area contributed by atoms with Gasteiger partial charge in [-0.1, -0.05) is 78.9 Å². The maximum absolute atomic E-state index is 6.42. The van der Waals surface area contributed by atoms with Crippen molar-refractivity contribution in [3.05, 3.63) is 126 Å². The van der Waals surface area contributed by atoms with Crippen LogP contribution in [-0.4, -0.2) is 0 Å². The number of fused-ring (bicyclic) bond motifs is 9. The number of nitrogens with two attached hydrogens (primary N) is 1. The van der Waals surface area contributed by atoms with E-state index in [1.54, 1.807) is 0 Å². The number of benzene rings is 7. The summed E-state index contributed by atoms with van der Waals surface area (Å²) < 4.78 is 0. The van der Waals surface area contributed by atoms with E-state index >= 15 is 0 Å². The molecule has 0 bridgehead atoms. The Labute approximate surface area is 215 Å². The van der Waals surface area contributed by atoms with Gasteiger partial charge in [0.25, 0.3) is 0 Å². The van der Waals surface area contributed by atoms with E-state index in [4.69, 9.17) is 5.73 Å². The first-order valence-electron chi connectivity index (χ1n) is 12.8. The number of nitrogen functional groups attached to an aromatic ring is 1. The molecule has 7 aromatic rings. The largest absolute Gasteiger partial charge is 0.398 e. The Balaban J connectivity index is 1.26. The second-order valence-corrected chi connectivity index (χ2v) is 10.1. The minimum Gasteiger partial charge on any atom is -0.398 e. The summed E-state index contributed by atoms with van der Waals surface area (Å²) in [6, 6.07) is 41.6. The molecule has 0 atom stereocenters. The van der Waals surface area contributed by atoms with Gasteiger partial charge in [-0.2, -0.15) is 0 Å². The Hall–Kier alpha value is -4.82. The summed E-state index contributed by atoms with van der Waals surface area (Å²) in [5.41, 5.74) is 14.8. The first-order chi connectivity index (χ1) is 18.2. The van der Waals surface area contributed by atoms with Crippen molar-refractivity contribution in [2.45, 2.75) is 6.42 Å². The molecular formula is C35H24N2. The fraction of sp³-hybridized carbons (Fsp3) is 0.0286. The van der Waals surface area contributed by atoms with Gasteiger partial charge in [-0.25, -0.2) is 0 Å². The Bertz CT molecular complexity index is 2050. The lowest BCUT2D eigenvalue weighted by molar-refractivity contribution is 1.27. The minimum absolute atomic E-state index is 0.857. The van der Waals surface area contributed by atoms with E-state index in [0.717, 1.165) is 28.9 Å². The van der Waals surface area contributed by atoms with Crippen LogP contribution in [0.1, 0.15) is 11.1 Å². The number of hydrogen-bond donors (Lipinski definition) is 2. The topological polar surface area (TPSA) is 38.0 Å². The molecule has 0 aromatic heterocycles. The lowest BCUT2D eigenvalue weighted by atomic mass is 9.96. The van der Waals surface area contributed by atoms with Crippen molar-refractivity contribution in [2.24, 2.45) is 0 Å². The van der Waals surface area contributed by atoms with Crippen LogP contribution in [0.4, 0.5) is 17.1 Å². The second-order valence-electron chi connectivity index (χ2n) is 10.1. The van der Waals surface area contributed by atoms with Crippen molar-refractivity contribution in [3.63, 3.8) is 0 Å². The van der Waals surface area contributed by atoms with Gasteiger partial charge >= 0.3 is 0 Å². The van der Waals surface area contributed by atoms with Crippen LogP contribution in [0.15, 0.2) is 115 Å². The van der Waals surface area contributed by atoms with E-state index in [2.05, 4.69) is 121 Å². The van der Waals surface area contributed by atoms with Crippen molar-refractivity contribution < 1.29 is 0 Å². The van der Waals surface area contributed by atoms with Crippen LogP contribution in [0.25, 0.3) is 54.2 Å². The molecule has 0 spiro atoms. The third-order valence-electron chi connectivity index (χ3n) is 7.92.